The zero-order valence-corrected chi connectivity index (χ0v) is 12.0. The lowest BCUT2D eigenvalue weighted by Gasteiger charge is -2.20. The smallest absolute Gasteiger partial charge is 0.163 e. The number of aryl methyl sites for hydroxylation is 1. The van der Waals surface area contributed by atoms with E-state index >= 15 is 0 Å². The van der Waals surface area contributed by atoms with E-state index in [0.29, 0.717) is 18.1 Å². The molecule has 0 unspecified atom stereocenters. The van der Waals surface area contributed by atoms with Crippen molar-refractivity contribution in [1.82, 2.24) is 0 Å². The monoisotopic (exact) mass is 244 g/mol. The van der Waals surface area contributed by atoms with Crippen LogP contribution in [0.4, 0.5) is 0 Å². The molecule has 1 aromatic carbocycles. The Morgan fingerprint density at radius 3 is 2.67 bits per heavy atom. The highest BCUT2D eigenvalue weighted by Crippen LogP contribution is 2.34. The van der Waals surface area contributed by atoms with Crippen LogP contribution in [-0.4, -0.2) is 5.78 Å². The molecule has 98 valence electrons. The number of hydrogen-bond acceptors (Lipinski definition) is 1. The Hall–Kier alpha value is -1.11. The minimum absolute atomic E-state index is 0.147. The molecule has 1 aliphatic rings. The van der Waals surface area contributed by atoms with Gasteiger partial charge in [-0.25, -0.2) is 0 Å². The second kappa shape index (κ2) is 4.87. The molecule has 0 fully saturated rings. The molecule has 1 aliphatic carbocycles. The van der Waals surface area contributed by atoms with E-state index in [0.717, 1.165) is 24.8 Å². The van der Waals surface area contributed by atoms with Crippen LogP contribution in [0.1, 0.15) is 62.0 Å². The molecular weight excluding hydrogens is 220 g/mol. The fraction of sp³-hybridized carbons (Fsp3) is 0.588. The van der Waals surface area contributed by atoms with Crippen molar-refractivity contribution in [3.8, 4) is 0 Å². The zero-order chi connectivity index (χ0) is 13.3. The largest absolute Gasteiger partial charge is 0.294 e. The summed E-state index contributed by atoms with van der Waals surface area (Å²) < 4.78 is 0. The molecular formula is C17H24O. The van der Waals surface area contributed by atoms with Crippen molar-refractivity contribution in [2.24, 2.45) is 11.3 Å². The van der Waals surface area contributed by atoms with E-state index in [2.05, 4.69) is 45.9 Å². The van der Waals surface area contributed by atoms with Crippen LogP contribution in [0.5, 0.6) is 0 Å². The second-order valence-corrected chi connectivity index (χ2v) is 6.85. The highest BCUT2D eigenvalue weighted by atomic mass is 16.1. The molecule has 0 spiro atoms. The van der Waals surface area contributed by atoms with E-state index in [9.17, 15) is 4.79 Å². The molecule has 0 saturated heterocycles. The quantitative estimate of drug-likeness (QED) is 0.703. The maximum Gasteiger partial charge on any atom is 0.163 e. The Kier molecular flexibility index (Phi) is 3.61. The van der Waals surface area contributed by atoms with Gasteiger partial charge in [0, 0.05) is 12.0 Å². The average molecular weight is 244 g/mol. The standard InChI is InChI=1S/C17H24O/c1-12(2)9-13-5-6-14-7-8-17(3,4)11-16(18)15(14)10-13/h5-6,10,12H,7-9,11H2,1-4H3. The van der Waals surface area contributed by atoms with Crippen LogP contribution < -0.4 is 0 Å². The van der Waals surface area contributed by atoms with E-state index in [1.807, 2.05) is 0 Å². The van der Waals surface area contributed by atoms with Gasteiger partial charge in [0.1, 0.15) is 0 Å². The first-order valence-electron chi connectivity index (χ1n) is 7.02. The highest BCUT2D eigenvalue weighted by molar-refractivity contribution is 5.98. The third-order valence-corrected chi connectivity index (χ3v) is 3.83. The van der Waals surface area contributed by atoms with Gasteiger partial charge in [0.2, 0.25) is 0 Å². The Balaban J connectivity index is 2.33. The Labute approximate surface area is 111 Å². The molecule has 0 aliphatic heterocycles. The van der Waals surface area contributed by atoms with Crippen LogP contribution in [-0.2, 0) is 12.8 Å². The molecule has 0 radical (unpaired) electrons. The number of benzene rings is 1. The number of rotatable bonds is 2. The van der Waals surface area contributed by atoms with Gasteiger partial charge in [-0.1, -0.05) is 39.8 Å². The maximum atomic E-state index is 12.4. The Morgan fingerprint density at radius 2 is 2.00 bits per heavy atom. The summed E-state index contributed by atoms with van der Waals surface area (Å²) in [5.41, 5.74) is 3.68. The van der Waals surface area contributed by atoms with Crippen LogP contribution in [0.3, 0.4) is 0 Å². The normalized spacial score (nSPS) is 18.6. The summed E-state index contributed by atoms with van der Waals surface area (Å²) in [5.74, 6) is 0.971. The molecule has 1 heteroatoms. The van der Waals surface area contributed by atoms with Crippen LogP contribution in [0.2, 0.25) is 0 Å². The van der Waals surface area contributed by atoms with Gasteiger partial charge in [0.25, 0.3) is 0 Å². The van der Waals surface area contributed by atoms with Gasteiger partial charge in [0.15, 0.2) is 5.78 Å². The third kappa shape index (κ3) is 3.01. The molecule has 0 atom stereocenters. The minimum Gasteiger partial charge on any atom is -0.294 e. The average Bonchev–Trinajstić information content (AvgIpc) is 2.35. The van der Waals surface area contributed by atoms with Crippen LogP contribution in [0.15, 0.2) is 18.2 Å². The number of Topliss-reactive ketones (excluding diaryl/α,β-unsaturated/α-hetero) is 1. The second-order valence-electron chi connectivity index (χ2n) is 6.85. The molecule has 0 amide bonds. The molecule has 0 aromatic heterocycles. The number of carbonyl (C=O) groups excluding carboxylic acids is 1. The highest BCUT2D eigenvalue weighted by Gasteiger charge is 2.28. The summed E-state index contributed by atoms with van der Waals surface area (Å²) >= 11 is 0. The predicted molar refractivity (Wildman–Crippen MR) is 76.0 cm³/mol. The zero-order valence-electron chi connectivity index (χ0n) is 12.0. The summed E-state index contributed by atoms with van der Waals surface area (Å²) in [5, 5.41) is 0. The topological polar surface area (TPSA) is 17.1 Å². The molecule has 0 bridgehead atoms. The Bertz CT molecular complexity index is 455. The van der Waals surface area contributed by atoms with Crippen molar-refractivity contribution >= 4 is 5.78 Å². The molecule has 0 saturated carbocycles. The molecule has 0 heterocycles. The number of ketones is 1. The summed E-state index contributed by atoms with van der Waals surface area (Å²) in [7, 11) is 0. The van der Waals surface area contributed by atoms with Crippen molar-refractivity contribution in [3.63, 3.8) is 0 Å². The number of fused-ring (bicyclic) bond motifs is 1. The van der Waals surface area contributed by atoms with Gasteiger partial charge in [-0.15, -0.1) is 0 Å². The lowest BCUT2D eigenvalue weighted by atomic mass is 9.84. The lowest BCUT2D eigenvalue weighted by molar-refractivity contribution is 0.0934. The van der Waals surface area contributed by atoms with Gasteiger partial charge >= 0.3 is 0 Å². The predicted octanol–water partition coefficient (Wildman–Crippen LogP) is 4.43. The third-order valence-electron chi connectivity index (χ3n) is 3.83. The lowest BCUT2D eigenvalue weighted by Crippen LogP contribution is -2.14. The first-order chi connectivity index (χ1) is 8.37. The molecule has 18 heavy (non-hydrogen) atoms. The van der Waals surface area contributed by atoms with Crippen molar-refractivity contribution in [2.75, 3.05) is 0 Å². The van der Waals surface area contributed by atoms with Crippen LogP contribution in [0, 0.1) is 11.3 Å². The number of carbonyl (C=O) groups is 1. The first-order valence-corrected chi connectivity index (χ1v) is 7.02. The molecule has 1 aromatic rings. The molecule has 1 nitrogen and oxygen atoms in total. The molecule has 2 rings (SSSR count). The van der Waals surface area contributed by atoms with Crippen molar-refractivity contribution < 1.29 is 4.79 Å². The summed E-state index contributed by atoms with van der Waals surface area (Å²) in [6.45, 7) is 8.84. The van der Waals surface area contributed by atoms with Gasteiger partial charge in [-0.2, -0.15) is 0 Å². The number of hydrogen-bond donors (Lipinski definition) is 0. The van der Waals surface area contributed by atoms with E-state index < -0.39 is 0 Å². The van der Waals surface area contributed by atoms with Gasteiger partial charge in [0.05, 0.1) is 0 Å². The molecule has 0 N–H and O–H groups in total. The van der Waals surface area contributed by atoms with E-state index in [-0.39, 0.29) is 5.41 Å². The minimum atomic E-state index is 0.147. The summed E-state index contributed by atoms with van der Waals surface area (Å²) in [4.78, 5) is 12.4. The van der Waals surface area contributed by atoms with E-state index in [1.54, 1.807) is 0 Å². The first kappa shape index (κ1) is 13.3. The van der Waals surface area contributed by atoms with E-state index in [1.165, 1.54) is 11.1 Å². The Morgan fingerprint density at radius 1 is 1.28 bits per heavy atom. The van der Waals surface area contributed by atoms with Gasteiger partial charge in [-0.3, -0.25) is 4.79 Å². The maximum absolute atomic E-state index is 12.4. The van der Waals surface area contributed by atoms with Crippen molar-refractivity contribution in [1.29, 1.82) is 0 Å². The van der Waals surface area contributed by atoms with Crippen molar-refractivity contribution in [3.05, 3.63) is 34.9 Å². The van der Waals surface area contributed by atoms with Crippen molar-refractivity contribution in [2.45, 2.75) is 53.4 Å². The fourth-order valence-corrected chi connectivity index (χ4v) is 2.79. The fourth-order valence-electron chi connectivity index (χ4n) is 2.79. The SMILES string of the molecule is CC(C)Cc1ccc2c(c1)C(=O)CC(C)(C)CC2. The van der Waals surface area contributed by atoms with Crippen LogP contribution >= 0.6 is 0 Å². The van der Waals surface area contributed by atoms with Gasteiger partial charge in [-0.05, 0) is 47.8 Å². The summed E-state index contributed by atoms with van der Waals surface area (Å²) in [6, 6.07) is 6.51. The van der Waals surface area contributed by atoms with Crippen LogP contribution in [0.25, 0.3) is 0 Å². The summed E-state index contributed by atoms with van der Waals surface area (Å²) in [6.07, 6.45) is 3.89. The van der Waals surface area contributed by atoms with E-state index in [4.69, 9.17) is 0 Å². The van der Waals surface area contributed by atoms with Gasteiger partial charge < -0.3 is 0 Å².